The summed E-state index contributed by atoms with van der Waals surface area (Å²) in [5.74, 6) is -4.70. The minimum atomic E-state index is -1.43. The fourth-order valence-corrected chi connectivity index (χ4v) is 9.34. The molecule has 0 aliphatic carbocycles. The summed E-state index contributed by atoms with van der Waals surface area (Å²) in [6, 6.07) is 70.4. The molecule has 0 aromatic heterocycles. The molecule has 0 aliphatic heterocycles. The Bertz CT molecular complexity index is 3500. The van der Waals surface area contributed by atoms with Crippen LogP contribution in [0.4, 0.5) is 0 Å². The molecule has 10 aromatic carbocycles. The smallest absolute Gasteiger partial charge is 0.336 e. The third-order valence-corrected chi connectivity index (χ3v) is 12.6. The summed E-state index contributed by atoms with van der Waals surface area (Å²) < 4.78 is 14.0. The van der Waals surface area contributed by atoms with Crippen molar-refractivity contribution in [2.24, 2.45) is 0 Å². The Labute approximate surface area is 424 Å². The summed E-state index contributed by atoms with van der Waals surface area (Å²) in [5.41, 5.74) is 8.53. The third-order valence-electron chi connectivity index (χ3n) is 12.6. The van der Waals surface area contributed by atoms with Gasteiger partial charge in [0.05, 0.1) is 22.3 Å². The standard InChI is InChI=1S/C64H42O10/c65-61(66)47-33-31-45(35-53(47)63(69)70)73-59-49(39-19-7-1-8-20-39)37-51(55(41-23-11-3-12-24-41)57(59)43-27-15-5-16-28-43)52-38-50(40-21-9-2-10-22-40)60(74-46-32-34-48(62(67)68)54(36-46)64(71)72)58(44-29-17-6-18-30-44)56(52)42-25-13-4-14-26-42/h1-38H,(H,65,66)(H,67,68)(H,69,70)(H,71,72). The summed E-state index contributed by atoms with van der Waals surface area (Å²) >= 11 is 0. The van der Waals surface area contributed by atoms with Gasteiger partial charge in [-0.2, -0.15) is 0 Å². The molecule has 358 valence electrons. The first-order valence-electron chi connectivity index (χ1n) is 23.4. The Morgan fingerprint density at radius 3 is 0.784 bits per heavy atom. The Hall–Kier alpha value is -10.3. The molecule has 0 bridgehead atoms. The molecule has 0 atom stereocenters. The highest BCUT2D eigenvalue weighted by Crippen LogP contribution is 2.57. The molecule has 0 unspecified atom stereocenters. The van der Waals surface area contributed by atoms with E-state index in [-0.39, 0.29) is 22.6 Å². The summed E-state index contributed by atoms with van der Waals surface area (Å²) in [4.78, 5) is 49.7. The van der Waals surface area contributed by atoms with Crippen LogP contribution in [-0.2, 0) is 0 Å². The normalized spacial score (nSPS) is 10.9. The molecule has 10 rings (SSSR count). The maximum atomic E-state index is 12.6. The van der Waals surface area contributed by atoms with Crippen molar-refractivity contribution in [3.8, 4) is 101 Å². The van der Waals surface area contributed by atoms with Crippen LogP contribution in [0.5, 0.6) is 23.0 Å². The minimum Gasteiger partial charge on any atom is -0.478 e. The van der Waals surface area contributed by atoms with Gasteiger partial charge in [-0.05, 0) is 93.0 Å². The van der Waals surface area contributed by atoms with Crippen LogP contribution in [0.1, 0.15) is 41.4 Å². The van der Waals surface area contributed by atoms with Gasteiger partial charge >= 0.3 is 23.9 Å². The Kier molecular flexibility index (Phi) is 13.2. The van der Waals surface area contributed by atoms with E-state index in [1.165, 1.54) is 36.4 Å². The second-order valence-corrected chi connectivity index (χ2v) is 17.1. The summed E-state index contributed by atoms with van der Waals surface area (Å²) in [6.07, 6.45) is 0. The van der Waals surface area contributed by atoms with Gasteiger partial charge in [0.25, 0.3) is 0 Å². The number of hydrogen-bond acceptors (Lipinski definition) is 6. The highest BCUT2D eigenvalue weighted by Gasteiger charge is 2.31. The number of hydrogen-bond donors (Lipinski definition) is 4. The van der Waals surface area contributed by atoms with Crippen LogP contribution in [0.2, 0.25) is 0 Å². The van der Waals surface area contributed by atoms with Gasteiger partial charge in [-0.25, -0.2) is 19.2 Å². The van der Waals surface area contributed by atoms with Gasteiger partial charge in [0.2, 0.25) is 0 Å². The molecule has 0 radical (unpaired) electrons. The van der Waals surface area contributed by atoms with Gasteiger partial charge in [0.15, 0.2) is 0 Å². The van der Waals surface area contributed by atoms with Crippen molar-refractivity contribution in [3.63, 3.8) is 0 Å². The van der Waals surface area contributed by atoms with Crippen LogP contribution in [0.15, 0.2) is 231 Å². The number of carboxylic acid groups (broad SMARTS) is 4. The summed E-state index contributed by atoms with van der Waals surface area (Å²) in [6.45, 7) is 0. The van der Waals surface area contributed by atoms with Crippen LogP contribution >= 0.6 is 0 Å². The molecule has 0 amide bonds. The van der Waals surface area contributed by atoms with E-state index < -0.39 is 35.0 Å². The van der Waals surface area contributed by atoms with Crippen LogP contribution in [0, 0.1) is 0 Å². The van der Waals surface area contributed by atoms with Gasteiger partial charge in [-0.3, -0.25) is 0 Å². The van der Waals surface area contributed by atoms with Gasteiger partial charge in [-0.1, -0.05) is 182 Å². The van der Waals surface area contributed by atoms with E-state index in [2.05, 4.69) is 12.1 Å². The maximum absolute atomic E-state index is 12.6. The van der Waals surface area contributed by atoms with E-state index >= 15 is 0 Å². The molecule has 10 nitrogen and oxygen atoms in total. The van der Waals surface area contributed by atoms with Crippen molar-refractivity contribution in [2.45, 2.75) is 0 Å². The lowest BCUT2D eigenvalue weighted by Crippen LogP contribution is -2.08. The molecule has 0 saturated heterocycles. The lowest BCUT2D eigenvalue weighted by atomic mass is 9.78. The lowest BCUT2D eigenvalue weighted by molar-refractivity contribution is 0.0651. The Balaban J connectivity index is 1.40. The third kappa shape index (κ3) is 9.37. The maximum Gasteiger partial charge on any atom is 0.336 e. The number of ether oxygens (including phenoxy) is 2. The average Bonchev–Trinajstić information content (AvgIpc) is 3.45. The molecular weight excluding hydrogens is 929 g/mol. The predicted octanol–water partition coefficient (Wildman–Crippen LogP) is 15.7. The van der Waals surface area contributed by atoms with E-state index in [4.69, 9.17) is 9.47 Å². The number of aromatic carboxylic acids is 4. The number of benzene rings is 10. The SMILES string of the molecule is O=C(O)c1ccc(Oc2c(-c3ccccc3)cc(-c3cc(-c4ccccc4)c(Oc4ccc(C(=O)O)c(C(=O)O)c4)c(-c4ccccc4)c3-c3ccccc3)c(-c3ccccc3)c2-c2ccccc2)cc1C(=O)O. The zero-order chi connectivity index (χ0) is 51.3. The highest BCUT2D eigenvalue weighted by molar-refractivity contribution is 6.10. The predicted molar refractivity (Wildman–Crippen MR) is 285 cm³/mol. The molecule has 10 aromatic rings. The molecule has 4 N–H and O–H groups in total. The number of carbonyl (C=O) groups is 4. The monoisotopic (exact) mass is 970 g/mol. The van der Waals surface area contributed by atoms with Crippen LogP contribution < -0.4 is 9.47 Å². The molecule has 0 spiro atoms. The second-order valence-electron chi connectivity index (χ2n) is 17.1. The Morgan fingerprint density at radius 1 is 0.257 bits per heavy atom. The van der Waals surface area contributed by atoms with E-state index in [1.807, 2.05) is 182 Å². The number of rotatable bonds is 15. The molecule has 10 heteroatoms. The van der Waals surface area contributed by atoms with Crippen LogP contribution in [0.3, 0.4) is 0 Å². The van der Waals surface area contributed by atoms with E-state index in [0.717, 1.165) is 55.6 Å². The first-order valence-corrected chi connectivity index (χ1v) is 23.4. The topological polar surface area (TPSA) is 168 Å². The molecular formula is C64H42O10. The van der Waals surface area contributed by atoms with Crippen molar-refractivity contribution < 1.29 is 49.1 Å². The molecule has 0 aliphatic rings. The first-order chi connectivity index (χ1) is 36.0. The zero-order valence-corrected chi connectivity index (χ0v) is 39.2. The van der Waals surface area contributed by atoms with Crippen molar-refractivity contribution in [1.82, 2.24) is 0 Å². The second kappa shape index (κ2) is 20.6. The van der Waals surface area contributed by atoms with Gasteiger partial charge in [0.1, 0.15) is 23.0 Å². The van der Waals surface area contributed by atoms with Crippen molar-refractivity contribution in [3.05, 3.63) is 253 Å². The van der Waals surface area contributed by atoms with Gasteiger partial charge in [-0.15, -0.1) is 0 Å². The van der Waals surface area contributed by atoms with Crippen molar-refractivity contribution >= 4 is 23.9 Å². The van der Waals surface area contributed by atoms with E-state index in [1.54, 1.807) is 0 Å². The fourth-order valence-electron chi connectivity index (χ4n) is 9.34. The average molecular weight is 971 g/mol. The fraction of sp³-hybridized carbons (Fsp3) is 0. The van der Waals surface area contributed by atoms with Gasteiger partial charge < -0.3 is 29.9 Å². The molecule has 0 fully saturated rings. The molecule has 0 heterocycles. The van der Waals surface area contributed by atoms with Crippen LogP contribution in [0.25, 0.3) is 77.9 Å². The van der Waals surface area contributed by atoms with Crippen molar-refractivity contribution in [1.29, 1.82) is 0 Å². The molecule has 0 saturated carbocycles. The number of carboxylic acids is 4. The quantitative estimate of drug-likeness (QED) is 0.0776. The minimum absolute atomic E-state index is 0.0974. The van der Waals surface area contributed by atoms with Gasteiger partial charge in [0, 0.05) is 33.4 Å². The highest BCUT2D eigenvalue weighted by atomic mass is 16.5. The van der Waals surface area contributed by atoms with Crippen LogP contribution in [-0.4, -0.2) is 44.3 Å². The lowest BCUT2D eigenvalue weighted by Gasteiger charge is -2.28. The Morgan fingerprint density at radius 2 is 0.514 bits per heavy atom. The summed E-state index contributed by atoms with van der Waals surface area (Å²) in [7, 11) is 0. The van der Waals surface area contributed by atoms with E-state index in [9.17, 15) is 39.6 Å². The largest absolute Gasteiger partial charge is 0.478 e. The zero-order valence-electron chi connectivity index (χ0n) is 39.2. The van der Waals surface area contributed by atoms with Crippen molar-refractivity contribution in [2.75, 3.05) is 0 Å². The summed E-state index contributed by atoms with van der Waals surface area (Å²) in [5, 5.41) is 40.4. The molecule has 74 heavy (non-hydrogen) atoms. The first kappa shape index (κ1) is 47.4. The van der Waals surface area contributed by atoms with E-state index in [0.29, 0.717) is 33.8 Å².